The quantitative estimate of drug-likeness (QED) is 0.208. The lowest BCUT2D eigenvalue weighted by Gasteiger charge is -2.00. The first-order valence-electron chi connectivity index (χ1n) is 9.26. The van der Waals surface area contributed by atoms with Crippen molar-refractivity contribution in [1.29, 1.82) is 0 Å². The number of rotatable bonds is 2. The Hall–Kier alpha value is -3.65. The van der Waals surface area contributed by atoms with Crippen LogP contribution in [0.5, 0.6) is 0 Å². The molecule has 4 aromatic rings. The molecule has 0 radical (unpaired) electrons. The van der Waals surface area contributed by atoms with E-state index in [2.05, 4.69) is 94.4 Å². The van der Waals surface area contributed by atoms with Crippen LogP contribution in [0.4, 0.5) is 0 Å². The second kappa shape index (κ2) is 13.7. The van der Waals surface area contributed by atoms with E-state index in [4.69, 9.17) is 0 Å². The highest BCUT2D eigenvalue weighted by Crippen LogP contribution is 2.16. The first-order valence-corrected chi connectivity index (χ1v) is 9.26. The van der Waals surface area contributed by atoms with E-state index in [0.717, 1.165) is 11.3 Å². The van der Waals surface area contributed by atoms with Crippen LogP contribution in [0.2, 0.25) is 0 Å². The number of nitrogens with zero attached hydrogens (tertiary/aromatic N) is 4. The molecule has 0 aliphatic heterocycles. The second-order valence-electron chi connectivity index (χ2n) is 6.66. The summed E-state index contributed by atoms with van der Waals surface area (Å²) in [4.78, 5) is 4.15. The molecule has 170 valence electrons. The fourth-order valence-corrected chi connectivity index (χ4v) is 2.88. The zero-order chi connectivity index (χ0) is 20.1. The van der Waals surface area contributed by atoms with Crippen molar-refractivity contribution in [2.75, 3.05) is 0 Å². The molecule has 4 rings (SSSR count). The van der Waals surface area contributed by atoms with Crippen molar-refractivity contribution in [2.45, 2.75) is 0 Å². The number of pyridine rings is 2. The molecule has 0 spiro atoms. The Bertz CT molecular complexity index is 1260. The Morgan fingerprint density at radius 2 is 1.30 bits per heavy atom. The van der Waals surface area contributed by atoms with Crippen LogP contribution >= 0.6 is 0 Å². The van der Waals surface area contributed by atoms with E-state index >= 15 is 0 Å². The highest BCUT2D eigenvalue weighted by atomic mass is 35.5. The van der Waals surface area contributed by atoms with Gasteiger partial charge in [-0.1, -0.05) is 5.92 Å². The van der Waals surface area contributed by atoms with E-state index in [0.29, 0.717) is 5.82 Å². The topological polar surface area (TPSA) is 88.6 Å². The third-order valence-corrected chi connectivity index (χ3v) is 4.57. The van der Waals surface area contributed by atoms with Gasteiger partial charge in [-0.3, -0.25) is 0 Å². The first-order chi connectivity index (χ1) is 14.2. The number of halogens is 2. The summed E-state index contributed by atoms with van der Waals surface area (Å²) in [6.45, 7) is 0. The van der Waals surface area contributed by atoms with E-state index in [9.17, 15) is 0 Å². The summed E-state index contributed by atoms with van der Waals surface area (Å²) in [7, 11) is 3.93. The van der Waals surface area contributed by atoms with Gasteiger partial charge < -0.3 is 40.3 Å². The van der Waals surface area contributed by atoms with Crippen LogP contribution in [0.3, 0.4) is 0 Å². The highest BCUT2D eigenvalue weighted by Gasteiger charge is 2.07. The number of benzene rings is 1. The summed E-state index contributed by atoms with van der Waals surface area (Å²) >= 11 is 0. The average Bonchev–Trinajstić information content (AvgIpc) is 3.17. The summed E-state index contributed by atoms with van der Waals surface area (Å²) in [6, 6.07) is 16.6. The van der Waals surface area contributed by atoms with Gasteiger partial charge in [-0.05, 0) is 41.0 Å². The molecule has 0 amide bonds. The molecule has 0 unspecified atom stereocenters. The SMILES string of the molecule is Cn1ccnc1C#CC#Cc1ccc(-[n+]2ccc(-c3cc[n+](C)cc3)cc2)cc1.O.O.[Cl-].[Cl-]. The molecule has 0 fully saturated rings. The van der Waals surface area contributed by atoms with Crippen LogP contribution in [-0.4, -0.2) is 20.5 Å². The number of hydrogen-bond acceptors (Lipinski definition) is 1. The molecular formula is C25H24Cl2N4O2. The number of aryl methyl sites for hydroxylation is 2. The van der Waals surface area contributed by atoms with Crippen molar-refractivity contribution in [1.82, 2.24) is 9.55 Å². The third kappa shape index (κ3) is 7.47. The number of imidazole rings is 1. The van der Waals surface area contributed by atoms with E-state index in [1.54, 1.807) is 6.20 Å². The van der Waals surface area contributed by atoms with Crippen LogP contribution in [0.15, 0.2) is 85.7 Å². The van der Waals surface area contributed by atoms with Crippen LogP contribution in [0.25, 0.3) is 16.8 Å². The van der Waals surface area contributed by atoms with Crippen molar-refractivity contribution >= 4 is 0 Å². The van der Waals surface area contributed by atoms with Crippen molar-refractivity contribution in [2.24, 2.45) is 14.1 Å². The Morgan fingerprint density at radius 1 is 0.758 bits per heavy atom. The van der Waals surface area contributed by atoms with Gasteiger partial charge in [-0.15, -0.1) is 0 Å². The van der Waals surface area contributed by atoms with E-state index in [-0.39, 0.29) is 35.8 Å². The fraction of sp³-hybridized carbons (Fsp3) is 0.0800. The predicted molar refractivity (Wildman–Crippen MR) is 119 cm³/mol. The van der Waals surface area contributed by atoms with Crippen LogP contribution in [0, 0.1) is 23.7 Å². The minimum atomic E-state index is 0. The highest BCUT2D eigenvalue weighted by molar-refractivity contribution is 5.61. The minimum absolute atomic E-state index is 0. The smallest absolute Gasteiger partial charge is 0.210 e. The van der Waals surface area contributed by atoms with Gasteiger partial charge >= 0.3 is 0 Å². The van der Waals surface area contributed by atoms with Gasteiger partial charge in [0.05, 0.1) is 0 Å². The number of aromatic nitrogens is 4. The van der Waals surface area contributed by atoms with Gasteiger partial charge in [-0.2, -0.15) is 4.57 Å². The van der Waals surface area contributed by atoms with Gasteiger partial charge in [0.1, 0.15) is 7.05 Å². The predicted octanol–water partition coefficient (Wildman–Crippen LogP) is -5.05. The average molecular weight is 483 g/mol. The lowest BCUT2D eigenvalue weighted by atomic mass is 10.1. The van der Waals surface area contributed by atoms with Gasteiger partial charge in [-0.25, -0.2) is 9.55 Å². The molecule has 8 heteroatoms. The Morgan fingerprint density at radius 3 is 1.85 bits per heavy atom. The molecule has 0 saturated heterocycles. The molecule has 0 atom stereocenters. The fourth-order valence-electron chi connectivity index (χ4n) is 2.88. The molecule has 4 N–H and O–H groups in total. The lowest BCUT2D eigenvalue weighted by molar-refractivity contribution is -0.671. The third-order valence-electron chi connectivity index (χ3n) is 4.57. The molecule has 3 heterocycles. The standard InChI is InChI=1S/C25H20N4.2ClH.2H2O/c1-27-16-11-22(12-17-27)23-13-18-29(19-14-23)24-9-7-21(8-10-24)5-3-4-6-25-26-15-20-28(25)2;;;;/h7-20H,1-2H3;2*1H;2*1H2/q+2;;;;/p-2. The summed E-state index contributed by atoms with van der Waals surface area (Å²) in [5, 5.41) is 0. The first kappa shape index (κ1) is 29.4. The van der Waals surface area contributed by atoms with Crippen molar-refractivity contribution in [3.63, 3.8) is 0 Å². The molecule has 6 nitrogen and oxygen atoms in total. The second-order valence-corrected chi connectivity index (χ2v) is 6.66. The van der Waals surface area contributed by atoms with Crippen LogP contribution < -0.4 is 33.9 Å². The van der Waals surface area contributed by atoms with E-state index < -0.39 is 0 Å². The summed E-state index contributed by atoms with van der Waals surface area (Å²) < 4.78 is 5.98. The zero-order valence-electron chi connectivity index (χ0n) is 18.1. The van der Waals surface area contributed by atoms with Gasteiger partial charge in [0.2, 0.25) is 5.69 Å². The Labute approximate surface area is 206 Å². The molecule has 3 aromatic heterocycles. The maximum atomic E-state index is 4.15. The molecule has 33 heavy (non-hydrogen) atoms. The Kier molecular flexibility index (Phi) is 12.2. The molecular weight excluding hydrogens is 459 g/mol. The van der Waals surface area contributed by atoms with Gasteiger partial charge in [0.25, 0.3) is 0 Å². The monoisotopic (exact) mass is 482 g/mol. The lowest BCUT2D eigenvalue weighted by Crippen LogP contribution is -3.00. The largest absolute Gasteiger partial charge is 1.00 e. The van der Waals surface area contributed by atoms with Crippen molar-refractivity contribution < 1.29 is 44.9 Å². The molecule has 0 aliphatic rings. The maximum Gasteiger partial charge on any atom is 0.210 e. The minimum Gasteiger partial charge on any atom is -1.00 e. The van der Waals surface area contributed by atoms with E-state index in [1.807, 2.05) is 41.6 Å². The maximum absolute atomic E-state index is 4.15. The Balaban J connectivity index is 0.00000256. The van der Waals surface area contributed by atoms with E-state index in [1.165, 1.54) is 11.1 Å². The summed E-state index contributed by atoms with van der Waals surface area (Å²) in [6.07, 6.45) is 11.8. The van der Waals surface area contributed by atoms with Crippen molar-refractivity contribution in [3.8, 4) is 40.5 Å². The molecule has 0 saturated carbocycles. The normalized spacial score (nSPS) is 8.67. The van der Waals surface area contributed by atoms with Gasteiger partial charge in [0.15, 0.2) is 30.6 Å². The molecule has 0 aliphatic carbocycles. The summed E-state index contributed by atoms with van der Waals surface area (Å²) in [5.74, 6) is 12.5. The zero-order valence-corrected chi connectivity index (χ0v) is 19.6. The molecule has 1 aromatic carbocycles. The van der Waals surface area contributed by atoms with Gasteiger partial charge in [0, 0.05) is 61.4 Å². The summed E-state index contributed by atoms with van der Waals surface area (Å²) in [5.41, 5.74) is 4.40. The van der Waals surface area contributed by atoms with Crippen LogP contribution in [0.1, 0.15) is 11.4 Å². The molecule has 0 bridgehead atoms. The van der Waals surface area contributed by atoms with Crippen LogP contribution in [-0.2, 0) is 14.1 Å². The number of hydrogen-bond donors (Lipinski definition) is 0. The van der Waals surface area contributed by atoms with Crippen molar-refractivity contribution in [3.05, 3.63) is 97.1 Å².